The fourth-order valence-electron chi connectivity index (χ4n) is 2.68. The van der Waals surface area contributed by atoms with Crippen LogP contribution < -0.4 is 0 Å². The Hall–Kier alpha value is -2.09. The summed E-state index contributed by atoms with van der Waals surface area (Å²) in [4.78, 5) is 4.28. The highest BCUT2D eigenvalue weighted by atomic mass is 15.0. The summed E-state index contributed by atoms with van der Waals surface area (Å²) in [5.41, 5.74) is 4.86. The van der Waals surface area contributed by atoms with E-state index < -0.39 is 0 Å². The van der Waals surface area contributed by atoms with Gasteiger partial charge in [-0.15, -0.1) is 0 Å². The van der Waals surface area contributed by atoms with Gasteiger partial charge in [-0.05, 0) is 37.1 Å². The lowest BCUT2D eigenvalue weighted by Crippen LogP contribution is -1.95. The molecule has 0 saturated heterocycles. The van der Waals surface area contributed by atoms with Gasteiger partial charge in [0.05, 0.1) is 5.52 Å². The second-order valence-electron chi connectivity index (χ2n) is 5.06. The van der Waals surface area contributed by atoms with Gasteiger partial charge in [-0.25, -0.2) is 0 Å². The SMILES string of the molecule is C=C(C)c1ccc2c(c1)c1cnccc1n2CCC. The number of fused-ring (bicyclic) bond motifs is 3. The molecule has 1 aromatic carbocycles. The van der Waals surface area contributed by atoms with Crippen LogP contribution in [0.4, 0.5) is 0 Å². The van der Waals surface area contributed by atoms with E-state index in [4.69, 9.17) is 0 Å². The first-order chi connectivity index (χ1) is 9.22. The average Bonchev–Trinajstić information content (AvgIpc) is 2.74. The lowest BCUT2D eigenvalue weighted by molar-refractivity contribution is 0.723. The summed E-state index contributed by atoms with van der Waals surface area (Å²) < 4.78 is 2.38. The third-order valence-corrected chi connectivity index (χ3v) is 3.61. The van der Waals surface area contributed by atoms with E-state index in [9.17, 15) is 0 Å². The number of hydrogen-bond donors (Lipinski definition) is 0. The predicted octanol–water partition coefficient (Wildman–Crippen LogP) is 4.63. The van der Waals surface area contributed by atoms with Crippen molar-refractivity contribution in [3.63, 3.8) is 0 Å². The van der Waals surface area contributed by atoms with Crippen LogP contribution >= 0.6 is 0 Å². The Morgan fingerprint density at radius 2 is 2.00 bits per heavy atom. The van der Waals surface area contributed by atoms with Crippen molar-refractivity contribution in [2.45, 2.75) is 26.8 Å². The van der Waals surface area contributed by atoms with Crippen LogP contribution in [-0.4, -0.2) is 9.55 Å². The minimum absolute atomic E-state index is 1.04. The third-order valence-electron chi connectivity index (χ3n) is 3.61. The van der Waals surface area contributed by atoms with Gasteiger partial charge in [0.25, 0.3) is 0 Å². The zero-order valence-corrected chi connectivity index (χ0v) is 11.5. The molecule has 0 spiro atoms. The molecule has 19 heavy (non-hydrogen) atoms. The minimum atomic E-state index is 1.04. The molecule has 0 aliphatic carbocycles. The van der Waals surface area contributed by atoms with Gasteiger partial charge in [0.15, 0.2) is 0 Å². The van der Waals surface area contributed by atoms with Crippen LogP contribution in [0.3, 0.4) is 0 Å². The molecule has 2 heteroatoms. The van der Waals surface area contributed by atoms with Gasteiger partial charge in [0.1, 0.15) is 0 Å². The van der Waals surface area contributed by atoms with Crippen molar-refractivity contribution < 1.29 is 0 Å². The maximum Gasteiger partial charge on any atom is 0.0522 e. The van der Waals surface area contributed by atoms with Crippen molar-refractivity contribution in [1.29, 1.82) is 0 Å². The molecule has 2 nitrogen and oxygen atoms in total. The average molecular weight is 250 g/mol. The summed E-state index contributed by atoms with van der Waals surface area (Å²) >= 11 is 0. The van der Waals surface area contributed by atoms with Crippen molar-refractivity contribution in [3.8, 4) is 0 Å². The number of aryl methyl sites for hydroxylation is 1. The molecule has 0 atom stereocenters. The van der Waals surface area contributed by atoms with Crippen LogP contribution in [0.15, 0.2) is 43.2 Å². The van der Waals surface area contributed by atoms with Gasteiger partial charge in [-0.3, -0.25) is 4.98 Å². The quantitative estimate of drug-likeness (QED) is 0.662. The Bertz CT molecular complexity index is 765. The van der Waals surface area contributed by atoms with Crippen LogP contribution in [0, 0.1) is 0 Å². The van der Waals surface area contributed by atoms with E-state index in [0.717, 1.165) is 18.5 Å². The summed E-state index contributed by atoms with van der Waals surface area (Å²) in [5, 5.41) is 2.51. The monoisotopic (exact) mass is 250 g/mol. The van der Waals surface area contributed by atoms with Crippen molar-refractivity contribution >= 4 is 27.4 Å². The van der Waals surface area contributed by atoms with E-state index >= 15 is 0 Å². The highest BCUT2D eigenvalue weighted by molar-refractivity contribution is 6.08. The molecule has 0 N–H and O–H groups in total. The Kier molecular flexibility index (Phi) is 2.86. The fraction of sp³-hybridized carbons (Fsp3) is 0.235. The third kappa shape index (κ3) is 1.84. The number of nitrogens with zero attached hydrogens (tertiary/aromatic N) is 2. The van der Waals surface area contributed by atoms with E-state index in [1.165, 1.54) is 27.4 Å². The van der Waals surface area contributed by atoms with Crippen LogP contribution in [0.1, 0.15) is 25.8 Å². The summed E-state index contributed by atoms with van der Waals surface area (Å²) in [6.45, 7) is 9.33. The highest BCUT2D eigenvalue weighted by Gasteiger charge is 2.10. The van der Waals surface area contributed by atoms with Crippen LogP contribution in [-0.2, 0) is 6.54 Å². The molecule has 0 aliphatic rings. The van der Waals surface area contributed by atoms with Crippen LogP contribution in [0.25, 0.3) is 27.4 Å². The second kappa shape index (κ2) is 4.54. The molecule has 0 radical (unpaired) electrons. The minimum Gasteiger partial charge on any atom is -0.340 e. The highest BCUT2D eigenvalue weighted by Crippen LogP contribution is 2.30. The first-order valence-electron chi connectivity index (χ1n) is 6.74. The van der Waals surface area contributed by atoms with E-state index in [-0.39, 0.29) is 0 Å². The number of pyridine rings is 1. The van der Waals surface area contributed by atoms with E-state index in [1.54, 1.807) is 0 Å². The Labute approximate surface area is 113 Å². The maximum absolute atomic E-state index is 4.28. The van der Waals surface area contributed by atoms with Crippen molar-refractivity contribution in [2.75, 3.05) is 0 Å². The molecular formula is C17H18N2. The fourth-order valence-corrected chi connectivity index (χ4v) is 2.68. The van der Waals surface area contributed by atoms with Crippen molar-refractivity contribution in [1.82, 2.24) is 9.55 Å². The first-order valence-corrected chi connectivity index (χ1v) is 6.74. The van der Waals surface area contributed by atoms with Crippen LogP contribution in [0.2, 0.25) is 0 Å². The number of benzene rings is 1. The van der Waals surface area contributed by atoms with E-state index in [2.05, 4.69) is 47.3 Å². The number of hydrogen-bond acceptors (Lipinski definition) is 1. The Morgan fingerprint density at radius 1 is 1.21 bits per heavy atom. The van der Waals surface area contributed by atoms with Crippen LogP contribution in [0.5, 0.6) is 0 Å². The summed E-state index contributed by atoms with van der Waals surface area (Å²) in [6, 6.07) is 8.69. The van der Waals surface area contributed by atoms with Gasteiger partial charge in [-0.1, -0.05) is 25.1 Å². The lowest BCUT2D eigenvalue weighted by atomic mass is 10.1. The smallest absolute Gasteiger partial charge is 0.0522 e. The predicted molar refractivity (Wildman–Crippen MR) is 82.2 cm³/mol. The number of allylic oxidation sites excluding steroid dienone is 1. The molecule has 0 saturated carbocycles. The van der Waals surface area contributed by atoms with Gasteiger partial charge in [0, 0.05) is 35.2 Å². The van der Waals surface area contributed by atoms with Gasteiger partial charge in [-0.2, -0.15) is 0 Å². The molecular weight excluding hydrogens is 232 g/mol. The van der Waals surface area contributed by atoms with Crippen molar-refractivity contribution in [3.05, 3.63) is 48.8 Å². The molecule has 2 heterocycles. The molecule has 3 rings (SSSR count). The van der Waals surface area contributed by atoms with E-state index in [1.807, 2.05) is 19.3 Å². The molecule has 2 aromatic heterocycles. The molecule has 0 aliphatic heterocycles. The van der Waals surface area contributed by atoms with Gasteiger partial charge in [0.2, 0.25) is 0 Å². The lowest BCUT2D eigenvalue weighted by Gasteiger charge is -2.05. The molecule has 0 fully saturated rings. The Morgan fingerprint density at radius 3 is 2.74 bits per heavy atom. The largest absolute Gasteiger partial charge is 0.340 e. The molecule has 0 bridgehead atoms. The van der Waals surface area contributed by atoms with Gasteiger partial charge < -0.3 is 4.57 Å². The molecule has 96 valence electrons. The summed E-state index contributed by atoms with van der Waals surface area (Å²) in [7, 11) is 0. The molecule has 3 aromatic rings. The maximum atomic E-state index is 4.28. The van der Waals surface area contributed by atoms with E-state index in [0.29, 0.717) is 0 Å². The summed E-state index contributed by atoms with van der Waals surface area (Å²) in [5.74, 6) is 0. The number of rotatable bonds is 3. The Balaban J connectivity index is 2.41. The molecule has 0 unspecified atom stereocenters. The van der Waals surface area contributed by atoms with Gasteiger partial charge >= 0.3 is 0 Å². The summed E-state index contributed by atoms with van der Waals surface area (Å²) in [6.07, 6.45) is 4.96. The zero-order valence-electron chi connectivity index (χ0n) is 11.5. The topological polar surface area (TPSA) is 17.8 Å². The van der Waals surface area contributed by atoms with Crippen molar-refractivity contribution in [2.24, 2.45) is 0 Å². The molecule has 0 amide bonds. The zero-order chi connectivity index (χ0) is 13.4. The number of aromatic nitrogens is 2. The second-order valence-corrected chi connectivity index (χ2v) is 5.06. The standard InChI is InChI=1S/C17H18N2/c1-4-9-19-16-6-5-13(12(2)3)10-14(16)15-11-18-8-7-17(15)19/h5-8,10-11H,2,4,9H2,1,3H3. The normalized spacial score (nSPS) is 11.3. The first kappa shape index (κ1) is 12.0.